The van der Waals surface area contributed by atoms with Crippen LogP contribution in [0.1, 0.15) is 37.2 Å². The molecule has 0 saturated carbocycles. The van der Waals surface area contributed by atoms with Crippen LogP contribution < -0.4 is 0 Å². The third kappa shape index (κ3) is 2.20. The van der Waals surface area contributed by atoms with E-state index in [-0.39, 0.29) is 5.78 Å². The van der Waals surface area contributed by atoms with Crippen molar-refractivity contribution in [3.63, 3.8) is 0 Å². The van der Waals surface area contributed by atoms with Gasteiger partial charge in [-0.25, -0.2) is 0 Å². The lowest BCUT2D eigenvalue weighted by Gasteiger charge is -2.08. The molecule has 1 rings (SSSR count). The molecule has 14 heavy (non-hydrogen) atoms. The highest BCUT2D eigenvalue weighted by atomic mass is 16.3. The van der Waals surface area contributed by atoms with Crippen molar-refractivity contribution in [3.8, 4) is 0 Å². The molecular formula is C10H16N2O2. The topological polar surface area (TPSA) is 55.1 Å². The molecule has 1 unspecified atom stereocenters. The Kier molecular flexibility index (Phi) is 3.83. The maximum absolute atomic E-state index is 11.6. The number of Topliss-reactive ketones (excluding diaryl/α,β-unsaturated/α-hetero) is 1. The van der Waals surface area contributed by atoms with Crippen molar-refractivity contribution in [1.82, 2.24) is 9.78 Å². The van der Waals surface area contributed by atoms with E-state index in [2.05, 4.69) is 5.10 Å². The van der Waals surface area contributed by atoms with E-state index < -0.39 is 6.10 Å². The van der Waals surface area contributed by atoms with Crippen LogP contribution in [0.3, 0.4) is 0 Å². The van der Waals surface area contributed by atoms with E-state index in [1.807, 2.05) is 6.92 Å². The molecule has 0 aromatic carbocycles. The average Bonchev–Trinajstić information content (AvgIpc) is 2.64. The number of carbonyl (C=O) groups is 1. The Balaban J connectivity index is 2.83. The second-order valence-corrected chi connectivity index (χ2v) is 3.23. The number of aromatic nitrogens is 2. The van der Waals surface area contributed by atoms with Crippen molar-refractivity contribution in [2.45, 2.75) is 39.3 Å². The first-order valence-electron chi connectivity index (χ1n) is 4.94. The van der Waals surface area contributed by atoms with E-state index in [1.54, 1.807) is 23.9 Å². The van der Waals surface area contributed by atoms with E-state index >= 15 is 0 Å². The molecule has 0 saturated heterocycles. The zero-order valence-electron chi connectivity index (χ0n) is 8.60. The van der Waals surface area contributed by atoms with Gasteiger partial charge in [0.25, 0.3) is 0 Å². The van der Waals surface area contributed by atoms with E-state index in [0.717, 1.165) is 6.42 Å². The number of hydrogen-bond donors (Lipinski definition) is 1. The summed E-state index contributed by atoms with van der Waals surface area (Å²) < 4.78 is 1.64. The molecular weight excluding hydrogens is 180 g/mol. The molecule has 1 atom stereocenters. The molecule has 1 heterocycles. The molecule has 0 bridgehead atoms. The van der Waals surface area contributed by atoms with Crippen LogP contribution in [-0.4, -0.2) is 26.8 Å². The molecule has 1 aromatic heterocycles. The predicted octanol–water partition coefficient (Wildman–Crippen LogP) is 1.25. The summed E-state index contributed by atoms with van der Waals surface area (Å²) in [6, 6.07) is 1.65. The lowest BCUT2D eigenvalue weighted by molar-refractivity contribution is 0.0729. The molecule has 0 radical (unpaired) electrons. The third-order valence-electron chi connectivity index (χ3n) is 2.09. The van der Waals surface area contributed by atoms with E-state index in [9.17, 15) is 9.90 Å². The van der Waals surface area contributed by atoms with Gasteiger partial charge in [-0.1, -0.05) is 13.8 Å². The summed E-state index contributed by atoms with van der Waals surface area (Å²) >= 11 is 0. The standard InChI is InChI=1S/C10H16N2O2/c1-3-7-12-8(5-6-11-12)10(14)9(13)4-2/h5-6,9,13H,3-4,7H2,1-2H3. The normalized spacial score (nSPS) is 12.8. The van der Waals surface area contributed by atoms with E-state index in [1.165, 1.54) is 0 Å². The second kappa shape index (κ2) is 4.91. The van der Waals surface area contributed by atoms with Gasteiger partial charge in [-0.2, -0.15) is 5.10 Å². The molecule has 78 valence electrons. The fourth-order valence-electron chi connectivity index (χ4n) is 1.29. The van der Waals surface area contributed by atoms with Crippen LogP contribution in [0, 0.1) is 0 Å². The average molecular weight is 196 g/mol. The first kappa shape index (κ1) is 10.9. The quantitative estimate of drug-likeness (QED) is 0.721. The lowest BCUT2D eigenvalue weighted by atomic mass is 10.1. The second-order valence-electron chi connectivity index (χ2n) is 3.23. The van der Waals surface area contributed by atoms with Gasteiger partial charge in [0.15, 0.2) is 0 Å². The number of aryl methyl sites for hydroxylation is 1. The van der Waals surface area contributed by atoms with Crippen LogP contribution in [0.5, 0.6) is 0 Å². The van der Waals surface area contributed by atoms with Crippen molar-refractivity contribution in [2.24, 2.45) is 0 Å². The van der Waals surface area contributed by atoms with Gasteiger partial charge in [-0.3, -0.25) is 9.48 Å². The highest BCUT2D eigenvalue weighted by Gasteiger charge is 2.18. The van der Waals surface area contributed by atoms with Gasteiger partial charge in [-0.15, -0.1) is 0 Å². The van der Waals surface area contributed by atoms with Gasteiger partial charge in [0, 0.05) is 12.7 Å². The number of rotatable bonds is 5. The molecule has 0 fully saturated rings. The van der Waals surface area contributed by atoms with E-state index in [0.29, 0.717) is 18.7 Å². The van der Waals surface area contributed by atoms with Crippen molar-refractivity contribution in [1.29, 1.82) is 0 Å². The third-order valence-corrected chi connectivity index (χ3v) is 2.09. The summed E-state index contributed by atoms with van der Waals surface area (Å²) in [4.78, 5) is 11.6. The summed E-state index contributed by atoms with van der Waals surface area (Å²) in [7, 11) is 0. The maximum atomic E-state index is 11.6. The Morgan fingerprint density at radius 2 is 2.36 bits per heavy atom. The van der Waals surface area contributed by atoms with Gasteiger partial charge in [0.1, 0.15) is 11.8 Å². The number of aliphatic hydroxyl groups excluding tert-OH is 1. The SMILES string of the molecule is CCCn1nccc1C(=O)C(O)CC. The molecule has 0 aliphatic carbocycles. The van der Waals surface area contributed by atoms with Crippen LogP contribution in [0.2, 0.25) is 0 Å². The van der Waals surface area contributed by atoms with Crippen molar-refractivity contribution in [2.75, 3.05) is 0 Å². The largest absolute Gasteiger partial charge is 0.385 e. The summed E-state index contributed by atoms with van der Waals surface area (Å²) in [5.74, 6) is -0.238. The Morgan fingerprint density at radius 3 is 2.93 bits per heavy atom. The Morgan fingerprint density at radius 1 is 1.64 bits per heavy atom. The van der Waals surface area contributed by atoms with Crippen molar-refractivity contribution < 1.29 is 9.90 Å². The van der Waals surface area contributed by atoms with Gasteiger partial charge >= 0.3 is 0 Å². The first-order chi connectivity index (χ1) is 6.70. The summed E-state index contributed by atoms with van der Waals surface area (Å²) in [5, 5.41) is 13.4. The summed E-state index contributed by atoms with van der Waals surface area (Å²) in [6.07, 6.45) is 2.05. The zero-order chi connectivity index (χ0) is 10.6. The summed E-state index contributed by atoms with van der Waals surface area (Å²) in [6.45, 7) is 4.51. The monoisotopic (exact) mass is 196 g/mol. The summed E-state index contributed by atoms with van der Waals surface area (Å²) in [5.41, 5.74) is 0.501. The Hall–Kier alpha value is -1.16. The fraction of sp³-hybridized carbons (Fsp3) is 0.600. The smallest absolute Gasteiger partial charge is 0.209 e. The molecule has 4 nitrogen and oxygen atoms in total. The number of aliphatic hydroxyl groups is 1. The zero-order valence-corrected chi connectivity index (χ0v) is 8.60. The number of hydrogen-bond acceptors (Lipinski definition) is 3. The van der Waals surface area contributed by atoms with Crippen LogP contribution in [-0.2, 0) is 6.54 Å². The van der Waals surface area contributed by atoms with Crippen LogP contribution in [0.15, 0.2) is 12.3 Å². The van der Waals surface area contributed by atoms with Crippen molar-refractivity contribution in [3.05, 3.63) is 18.0 Å². The minimum absolute atomic E-state index is 0.238. The highest BCUT2D eigenvalue weighted by Crippen LogP contribution is 2.06. The van der Waals surface area contributed by atoms with Gasteiger partial charge < -0.3 is 5.11 Å². The van der Waals surface area contributed by atoms with Crippen LogP contribution in [0.25, 0.3) is 0 Å². The van der Waals surface area contributed by atoms with E-state index in [4.69, 9.17) is 0 Å². The van der Waals surface area contributed by atoms with Gasteiger partial charge in [0.05, 0.1) is 0 Å². The molecule has 0 amide bonds. The van der Waals surface area contributed by atoms with Gasteiger partial charge in [0.2, 0.25) is 5.78 Å². The van der Waals surface area contributed by atoms with Crippen LogP contribution >= 0.6 is 0 Å². The fourth-order valence-corrected chi connectivity index (χ4v) is 1.29. The molecule has 1 aromatic rings. The number of ketones is 1. The predicted molar refractivity (Wildman–Crippen MR) is 53.1 cm³/mol. The first-order valence-corrected chi connectivity index (χ1v) is 4.94. The maximum Gasteiger partial charge on any atom is 0.209 e. The number of nitrogens with zero attached hydrogens (tertiary/aromatic N) is 2. The minimum atomic E-state index is -0.901. The van der Waals surface area contributed by atoms with Crippen LogP contribution in [0.4, 0.5) is 0 Å². The molecule has 1 N–H and O–H groups in total. The molecule has 0 aliphatic rings. The van der Waals surface area contributed by atoms with Gasteiger partial charge in [-0.05, 0) is 18.9 Å². The highest BCUT2D eigenvalue weighted by molar-refractivity contribution is 5.97. The van der Waals surface area contributed by atoms with Crippen molar-refractivity contribution >= 4 is 5.78 Å². The lowest BCUT2D eigenvalue weighted by Crippen LogP contribution is -2.22. The number of carbonyl (C=O) groups excluding carboxylic acids is 1. The Labute approximate surface area is 83.5 Å². The Bertz CT molecular complexity index is 307. The minimum Gasteiger partial charge on any atom is -0.385 e. The molecule has 0 spiro atoms. The molecule has 4 heteroatoms. The molecule has 0 aliphatic heterocycles.